The van der Waals surface area contributed by atoms with Gasteiger partial charge in [0.15, 0.2) is 0 Å². The molecule has 50 valence electrons. The van der Waals surface area contributed by atoms with Crippen molar-refractivity contribution in [3.8, 4) is 0 Å². The van der Waals surface area contributed by atoms with Gasteiger partial charge in [-0.15, -0.1) is 9.73 Å². The van der Waals surface area contributed by atoms with E-state index in [0.29, 0.717) is 11.3 Å². The van der Waals surface area contributed by atoms with Crippen molar-refractivity contribution in [1.82, 2.24) is 25.3 Å². The van der Waals surface area contributed by atoms with E-state index in [-0.39, 0.29) is 0 Å². The van der Waals surface area contributed by atoms with Crippen LogP contribution in [0.15, 0.2) is 12.3 Å². The first-order valence-electron chi connectivity index (χ1n) is 2.66. The van der Waals surface area contributed by atoms with E-state index >= 15 is 0 Å². The number of nitrogens with two attached hydrogens (primary N) is 1. The first kappa shape index (κ1) is 5.10. The number of aromatic nitrogens is 5. The highest BCUT2D eigenvalue weighted by Gasteiger charge is 1.95. The molecule has 0 radical (unpaired) electrons. The molecule has 0 aliphatic heterocycles. The van der Waals surface area contributed by atoms with E-state index in [4.69, 9.17) is 5.73 Å². The summed E-state index contributed by atoms with van der Waals surface area (Å²) >= 11 is 0. The van der Waals surface area contributed by atoms with Gasteiger partial charge in [0.1, 0.15) is 0 Å². The molecule has 0 aromatic carbocycles. The Bertz CT molecular complexity index is 351. The molecule has 0 atom stereocenters. The zero-order valence-corrected chi connectivity index (χ0v) is 4.97. The second-order valence-corrected chi connectivity index (χ2v) is 1.82. The molecule has 6 heteroatoms. The average Bonchev–Trinajstić information content (AvgIpc) is 2.33. The molecule has 0 saturated heterocycles. The highest BCUT2D eigenvalue weighted by atomic mass is 15.6. The van der Waals surface area contributed by atoms with Crippen molar-refractivity contribution >= 4 is 11.3 Å². The first-order chi connectivity index (χ1) is 4.86. The lowest BCUT2D eigenvalue weighted by molar-refractivity contribution is 0.734. The van der Waals surface area contributed by atoms with Crippen LogP contribution >= 0.6 is 0 Å². The van der Waals surface area contributed by atoms with E-state index in [0.717, 1.165) is 0 Å². The fraction of sp³-hybridized carbons (Fsp3) is 0. The number of nitrogen functional groups attached to an aromatic ring is 1. The zero-order valence-electron chi connectivity index (χ0n) is 4.97. The topological polar surface area (TPSA) is 82.0 Å². The minimum absolute atomic E-state index is 0.556. The molecule has 2 aromatic rings. The van der Waals surface area contributed by atoms with E-state index in [1.165, 1.54) is 10.8 Å². The van der Waals surface area contributed by atoms with Crippen LogP contribution in [0.25, 0.3) is 5.65 Å². The van der Waals surface area contributed by atoms with Crippen LogP contribution in [0.4, 0.5) is 5.69 Å². The number of tetrazole rings is 1. The highest BCUT2D eigenvalue weighted by Crippen LogP contribution is 1.99. The second-order valence-electron chi connectivity index (χ2n) is 1.82. The molecule has 2 rings (SSSR count). The molecule has 2 aromatic heterocycles. The smallest absolute Gasteiger partial charge is 0.202 e. The summed E-state index contributed by atoms with van der Waals surface area (Å²) in [6.45, 7) is 0. The normalized spacial score (nSPS) is 10.4. The van der Waals surface area contributed by atoms with Crippen LogP contribution in [0.2, 0.25) is 0 Å². The van der Waals surface area contributed by atoms with Gasteiger partial charge in [-0.25, -0.2) is 0 Å². The van der Waals surface area contributed by atoms with Gasteiger partial charge in [0, 0.05) is 6.07 Å². The molecular weight excluding hydrogens is 132 g/mol. The molecule has 2 N–H and O–H groups in total. The molecule has 10 heavy (non-hydrogen) atoms. The van der Waals surface area contributed by atoms with Crippen molar-refractivity contribution in [2.24, 2.45) is 0 Å². The molecule has 0 aliphatic rings. The minimum atomic E-state index is 0.556. The predicted octanol–water partition coefficient (Wildman–Crippen LogP) is -0.899. The second kappa shape index (κ2) is 1.63. The lowest BCUT2D eigenvalue weighted by atomic mass is 10.5. The Morgan fingerprint density at radius 1 is 1.50 bits per heavy atom. The van der Waals surface area contributed by atoms with Crippen LogP contribution in [0.3, 0.4) is 0 Å². The molecule has 0 amide bonds. The van der Waals surface area contributed by atoms with Gasteiger partial charge in [0.25, 0.3) is 0 Å². The standard InChI is InChI=1S/C4H4N6/c5-3-1-4-7-8-9-10(4)6-2-3/h1-2H,5H2. The van der Waals surface area contributed by atoms with Crippen molar-refractivity contribution in [1.29, 1.82) is 0 Å². The summed E-state index contributed by atoms with van der Waals surface area (Å²) in [6, 6.07) is 1.65. The number of fused-ring (bicyclic) bond motifs is 1. The fourth-order valence-electron chi connectivity index (χ4n) is 0.666. The SMILES string of the molecule is Nc1cnn2nnnc2c1. The molecule has 0 saturated carbocycles. The lowest BCUT2D eigenvalue weighted by Gasteiger charge is -1.88. The van der Waals surface area contributed by atoms with Gasteiger partial charge < -0.3 is 5.73 Å². The monoisotopic (exact) mass is 136 g/mol. The van der Waals surface area contributed by atoms with Gasteiger partial charge >= 0.3 is 0 Å². The number of nitrogens with zero attached hydrogens (tertiary/aromatic N) is 5. The predicted molar refractivity (Wildman–Crippen MR) is 33.0 cm³/mol. The van der Waals surface area contributed by atoms with Crippen LogP contribution in [-0.4, -0.2) is 25.3 Å². The maximum atomic E-state index is 5.41. The summed E-state index contributed by atoms with van der Waals surface area (Å²) in [5.74, 6) is 0. The molecule has 0 unspecified atom stereocenters. The molecule has 6 nitrogen and oxygen atoms in total. The van der Waals surface area contributed by atoms with Gasteiger partial charge in [-0.1, -0.05) is 0 Å². The van der Waals surface area contributed by atoms with E-state index < -0.39 is 0 Å². The number of hydrogen-bond donors (Lipinski definition) is 1. The van der Waals surface area contributed by atoms with E-state index in [9.17, 15) is 0 Å². The zero-order chi connectivity index (χ0) is 6.97. The Labute approximate surface area is 55.6 Å². The van der Waals surface area contributed by atoms with Crippen molar-refractivity contribution < 1.29 is 0 Å². The third-order valence-corrected chi connectivity index (χ3v) is 1.09. The van der Waals surface area contributed by atoms with Crippen molar-refractivity contribution in [2.75, 3.05) is 5.73 Å². The molecule has 0 fully saturated rings. The summed E-state index contributed by atoms with van der Waals surface area (Å²) in [5.41, 5.74) is 6.52. The summed E-state index contributed by atoms with van der Waals surface area (Å²) in [4.78, 5) is 0. The summed E-state index contributed by atoms with van der Waals surface area (Å²) < 4.78 is 1.30. The van der Waals surface area contributed by atoms with Gasteiger partial charge in [-0.05, 0) is 10.4 Å². The maximum Gasteiger partial charge on any atom is 0.202 e. The Kier molecular flexibility index (Phi) is 0.830. The minimum Gasteiger partial charge on any atom is -0.397 e. The quantitative estimate of drug-likeness (QED) is 0.507. The van der Waals surface area contributed by atoms with Crippen LogP contribution in [-0.2, 0) is 0 Å². The van der Waals surface area contributed by atoms with Crippen molar-refractivity contribution in [3.05, 3.63) is 12.3 Å². The Hall–Kier alpha value is -1.72. The fourth-order valence-corrected chi connectivity index (χ4v) is 0.666. The van der Waals surface area contributed by atoms with Crippen LogP contribution in [0, 0.1) is 0 Å². The Morgan fingerprint density at radius 2 is 2.40 bits per heavy atom. The largest absolute Gasteiger partial charge is 0.397 e. The third-order valence-electron chi connectivity index (χ3n) is 1.09. The van der Waals surface area contributed by atoms with Gasteiger partial charge in [0.05, 0.1) is 11.9 Å². The third kappa shape index (κ3) is 0.586. The molecule has 0 aliphatic carbocycles. The van der Waals surface area contributed by atoms with E-state index in [1.54, 1.807) is 6.07 Å². The number of anilines is 1. The molecule has 2 heterocycles. The molecular formula is C4H4N6. The number of rotatable bonds is 0. The van der Waals surface area contributed by atoms with E-state index in [1.807, 2.05) is 0 Å². The van der Waals surface area contributed by atoms with Crippen LogP contribution in [0.5, 0.6) is 0 Å². The van der Waals surface area contributed by atoms with Crippen LogP contribution in [0.1, 0.15) is 0 Å². The lowest BCUT2D eigenvalue weighted by Crippen LogP contribution is -1.95. The highest BCUT2D eigenvalue weighted by molar-refractivity contribution is 5.47. The van der Waals surface area contributed by atoms with Crippen molar-refractivity contribution in [2.45, 2.75) is 0 Å². The van der Waals surface area contributed by atoms with Crippen molar-refractivity contribution in [3.63, 3.8) is 0 Å². The average molecular weight is 136 g/mol. The Balaban J connectivity index is 2.86. The molecule has 0 spiro atoms. The number of hydrogen-bond acceptors (Lipinski definition) is 5. The van der Waals surface area contributed by atoms with E-state index in [2.05, 4.69) is 20.6 Å². The molecule has 0 bridgehead atoms. The maximum absolute atomic E-state index is 5.41. The summed E-state index contributed by atoms with van der Waals surface area (Å²) in [5, 5.41) is 14.4. The van der Waals surface area contributed by atoms with Gasteiger partial charge in [0.2, 0.25) is 5.65 Å². The van der Waals surface area contributed by atoms with Gasteiger partial charge in [-0.2, -0.15) is 5.10 Å². The van der Waals surface area contributed by atoms with Crippen LogP contribution < -0.4 is 5.73 Å². The van der Waals surface area contributed by atoms with Gasteiger partial charge in [-0.3, -0.25) is 0 Å². The summed E-state index contributed by atoms with van der Waals surface area (Å²) in [6.07, 6.45) is 1.49. The first-order valence-corrected chi connectivity index (χ1v) is 2.66. The summed E-state index contributed by atoms with van der Waals surface area (Å²) in [7, 11) is 0. The Morgan fingerprint density at radius 3 is 3.30 bits per heavy atom.